The monoisotopic (exact) mass is 286 g/mol. The highest BCUT2D eigenvalue weighted by atomic mass is 19.4. The van der Waals surface area contributed by atoms with E-state index in [-0.39, 0.29) is 0 Å². The summed E-state index contributed by atoms with van der Waals surface area (Å²) < 4.78 is 89.3. The van der Waals surface area contributed by atoms with Gasteiger partial charge in [-0.05, 0) is 0 Å². The second-order valence-corrected chi connectivity index (χ2v) is 2.75. The molecule has 0 saturated carbocycles. The van der Waals surface area contributed by atoms with Crippen molar-refractivity contribution in [1.29, 1.82) is 0 Å². The zero-order valence-corrected chi connectivity index (χ0v) is 8.49. The Morgan fingerprint density at radius 3 is 1.78 bits per heavy atom. The second kappa shape index (κ2) is 5.08. The molecular weight excluding hydrogens is 281 g/mol. The molecule has 0 heterocycles. The van der Waals surface area contributed by atoms with Gasteiger partial charge in [-0.2, -0.15) is 17.6 Å². The van der Waals surface area contributed by atoms with E-state index >= 15 is 0 Å². The molecule has 0 fully saturated rings. The highest BCUT2D eigenvalue weighted by molar-refractivity contribution is 5.89. The van der Waals surface area contributed by atoms with Gasteiger partial charge >= 0.3 is 30.3 Å². The average Bonchev–Trinajstić information content (AvgIpc) is 2.13. The zero-order valence-electron chi connectivity index (χ0n) is 8.49. The topological polar surface area (TPSA) is 52.6 Å². The fourth-order valence-electron chi connectivity index (χ4n) is 0.568. The lowest BCUT2D eigenvalue weighted by atomic mass is 10.3. The number of hydrogen-bond acceptors (Lipinski definition) is 4. The molecule has 0 atom stereocenters. The SMILES string of the molecule is CCC(=O)OC(=O)C(F)(F)C(F)(F)OC(F)(F)F. The third kappa shape index (κ3) is 4.13. The van der Waals surface area contributed by atoms with Crippen molar-refractivity contribution in [3.63, 3.8) is 0 Å². The predicted molar refractivity (Wildman–Crippen MR) is 38.4 cm³/mol. The highest BCUT2D eigenvalue weighted by Gasteiger charge is 2.69. The van der Waals surface area contributed by atoms with E-state index in [9.17, 15) is 40.3 Å². The molecule has 0 aliphatic carbocycles. The lowest BCUT2D eigenvalue weighted by Crippen LogP contribution is -2.52. The van der Waals surface area contributed by atoms with Crippen LogP contribution in [0.4, 0.5) is 30.7 Å². The summed E-state index contributed by atoms with van der Waals surface area (Å²) >= 11 is 0. The van der Waals surface area contributed by atoms with Crippen molar-refractivity contribution in [3.8, 4) is 0 Å². The van der Waals surface area contributed by atoms with Crippen LogP contribution in [0, 0.1) is 0 Å². The summed E-state index contributed by atoms with van der Waals surface area (Å²) in [6.07, 6.45) is -12.9. The molecule has 0 bridgehead atoms. The summed E-state index contributed by atoms with van der Waals surface area (Å²) in [5.41, 5.74) is 0. The lowest BCUT2D eigenvalue weighted by Gasteiger charge is -2.24. The van der Waals surface area contributed by atoms with E-state index in [4.69, 9.17) is 0 Å². The molecule has 0 aliphatic rings. The Labute approximate surface area is 94.6 Å². The van der Waals surface area contributed by atoms with Gasteiger partial charge < -0.3 is 4.74 Å². The van der Waals surface area contributed by atoms with Crippen LogP contribution >= 0.6 is 0 Å². The fourth-order valence-corrected chi connectivity index (χ4v) is 0.568. The van der Waals surface area contributed by atoms with Crippen LogP contribution in [0.2, 0.25) is 0 Å². The van der Waals surface area contributed by atoms with Crippen molar-refractivity contribution < 1.29 is 49.8 Å². The number of carbonyl (C=O) groups excluding carboxylic acids is 2. The minimum absolute atomic E-state index is 0.618. The third-order valence-corrected chi connectivity index (χ3v) is 1.36. The molecule has 4 nitrogen and oxygen atoms in total. The summed E-state index contributed by atoms with van der Waals surface area (Å²) in [6, 6.07) is 0. The van der Waals surface area contributed by atoms with Crippen LogP contribution < -0.4 is 0 Å². The van der Waals surface area contributed by atoms with E-state index in [0.29, 0.717) is 0 Å². The molecular formula is C7H5F7O4. The molecule has 0 aromatic rings. The number of esters is 2. The molecule has 0 N–H and O–H groups in total. The number of carbonyl (C=O) groups is 2. The minimum atomic E-state index is -6.20. The van der Waals surface area contributed by atoms with E-state index in [2.05, 4.69) is 4.74 Å². The van der Waals surface area contributed by atoms with Gasteiger partial charge in [-0.15, -0.1) is 13.2 Å². The molecule has 0 aliphatic heterocycles. The molecule has 0 aromatic heterocycles. The second-order valence-electron chi connectivity index (χ2n) is 2.75. The fraction of sp³-hybridized carbons (Fsp3) is 0.714. The molecule has 106 valence electrons. The van der Waals surface area contributed by atoms with E-state index in [0.717, 1.165) is 6.92 Å². The molecule has 0 aromatic carbocycles. The van der Waals surface area contributed by atoms with Crippen molar-refractivity contribution in [2.75, 3.05) is 0 Å². The van der Waals surface area contributed by atoms with Gasteiger partial charge in [0.15, 0.2) is 0 Å². The smallest absolute Gasteiger partial charge is 0.388 e. The maximum atomic E-state index is 12.6. The predicted octanol–water partition coefficient (Wildman–Crippen LogP) is 2.23. The van der Waals surface area contributed by atoms with Crippen LogP contribution in [0.15, 0.2) is 0 Å². The first kappa shape index (κ1) is 16.6. The van der Waals surface area contributed by atoms with Gasteiger partial charge in [0.2, 0.25) is 0 Å². The zero-order chi connectivity index (χ0) is 14.8. The quantitative estimate of drug-likeness (QED) is 0.452. The van der Waals surface area contributed by atoms with Crippen LogP contribution in [-0.2, 0) is 19.1 Å². The van der Waals surface area contributed by atoms with Crippen LogP contribution in [0.5, 0.6) is 0 Å². The summed E-state index contributed by atoms with van der Waals surface area (Å²) in [5.74, 6) is -10.7. The number of alkyl halides is 7. The minimum Gasteiger partial charge on any atom is -0.388 e. The number of rotatable bonds is 4. The van der Waals surface area contributed by atoms with Crippen molar-refractivity contribution in [1.82, 2.24) is 0 Å². The lowest BCUT2D eigenvalue weighted by molar-refractivity contribution is -0.459. The summed E-state index contributed by atoms with van der Waals surface area (Å²) in [5, 5.41) is 0. The first-order chi connectivity index (χ1) is 7.83. The van der Waals surface area contributed by atoms with Gasteiger partial charge in [-0.3, -0.25) is 4.79 Å². The van der Waals surface area contributed by atoms with Gasteiger partial charge in [0.1, 0.15) is 0 Å². The van der Waals surface area contributed by atoms with Crippen molar-refractivity contribution in [2.45, 2.75) is 31.7 Å². The Morgan fingerprint density at radius 1 is 1.00 bits per heavy atom. The molecule has 18 heavy (non-hydrogen) atoms. The van der Waals surface area contributed by atoms with Crippen LogP contribution in [0.3, 0.4) is 0 Å². The summed E-state index contributed by atoms with van der Waals surface area (Å²) in [7, 11) is 0. The maximum Gasteiger partial charge on any atom is 0.527 e. The number of halogens is 7. The first-order valence-electron chi connectivity index (χ1n) is 4.11. The first-order valence-corrected chi connectivity index (χ1v) is 4.11. The van der Waals surface area contributed by atoms with Gasteiger partial charge in [0, 0.05) is 6.42 Å². The number of ether oxygens (including phenoxy) is 2. The Hall–Kier alpha value is -1.39. The van der Waals surface area contributed by atoms with Gasteiger partial charge in [-0.25, -0.2) is 9.53 Å². The molecule has 0 rings (SSSR count). The number of hydrogen-bond donors (Lipinski definition) is 0. The molecule has 0 unspecified atom stereocenters. The van der Waals surface area contributed by atoms with E-state index in [1.165, 1.54) is 0 Å². The van der Waals surface area contributed by atoms with Crippen LogP contribution in [0.1, 0.15) is 13.3 Å². The van der Waals surface area contributed by atoms with E-state index in [1.54, 1.807) is 0 Å². The molecule has 0 radical (unpaired) electrons. The molecule has 11 heteroatoms. The largest absolute Gasteiger partial charge is 0.527 e. The summed E-state index contributed by atoms with van der Waals surface area (Å²) in [6.45, 7) is 1.04. The van der Waals surface area contributed by atoms with Crippen molar-refractivity contribution in [2.24, 2.45) is 0 Å². The Kier molecular flexibility index (Phi) is 4.69. The van der Waals surface area contributed by atoms with E-state index < -0.39 is 36.8 Å². The Morgan fingerprint density at radius 2 is 1.44 bits per heavy atom. The van der Waals surface area contributed by atoms with Crippen LogP contribution in [0.25, 0.3) is 0 Å². The van der Waals surface area contributed by atoms with Gasteiger partial charge in [-0.1, -0.05) is 6.92 Å². The molecule has 0 spiro atoms. The maximum absolute atomic E-state index is 12.6. The normalized spacial score (nSPS) is 13.3. The van der Waals surface area contributed by atoms with Gasteiger partial charge in [0.25, 0.3) is 0 Å². The third-order valence-electron chi connectivity index (χ3n) is 1.36. The Bertz CT molecular complexity index is 335. The van der Waals surface area contributed by atoms with Crippen LogP contribution in [-0.4, -0.2) is 30.3 Å². The average molecular weight is 286 g/mol. The highest BCUT2D eigenvalue weighted by Crippen LogP contribution is 2.40. The van der Waals surface area contributed by atoms with Crippen molar-refractivity contribution >= 4 is 11.9 Å². The molecule has 0 saturated heterocycles. The van der Waals surface area contributed by atoms with Gasteiger partial charge in [0.05, 0.1) is 0 Å². The molecule has 0 amide bonds. The summed E-state index contributed by atoms with van der Waals surface area (Å²) in [4.78, 5) is 20.8. The Balaban J connectivity index is 5.00. The van der Waals surface area contributed by atoms with E-state index in [1.807, 2.05) is 4.74 Å². The van der Waals surface area contributed by atoms with Crippen molar-refractivity contribution in [3.05, 3.63) is 0 Å². The standard InChI is InChI=1S/C7H5F7O4/c1-2-3(15)17-4(16)5(8,9)6(10,11)18-7(12,13)14/h2H2,1H3.